The molecule has 0 fully saturated rings. The van der Waals surface area contributed by atoms with E-state index >= 15 is 0 Å². The standard InChI is InChI=1S/C8H8N2O4/c1-6(11)14-5-7-2-3-9-4-8(7)10(12)13/h2-4H,5H2,1H3. The quantitative estimate of drug-likeness (QED) is 0.410. The molecule has 0 spiro atoms. The molecular weight excluding hydrogens is 188 g/mol. The summed E-state index contributed by atoms with van der Waals surface area (Å²) in [6.07, 6.45) is 2.53. The smallest absolute Gasteiger partial charge is 0.302 e. The minimum absolute atomic E-state index is 0.103. The molecule has 0 atom stereocenters. The lowest BCUT2D eigenvalue weighted by Crippen LogP contribution is -2.02. The van der Waals surface area contributed by atoms with Gasteiger partial charge >= 0.3 is 5.97 Å². The third-order valence-corrected chi connectivity index (χ3v) is 1.52. The van der Waals surface area contributed by atoms with E-state index in [1.807, 2.05) is 0 Å². The van der Waals surface area contributed by atoms with Gasteiger partial charge in [0, 0.05) is 13.1 Å². The molecule has 0 saturated carbocycles. The Morgan fingerprint density at radius 3 is 3.00 bits per heavy atom. The molecule has 1 aromatic heterocycles. The number of carbonyl (C=O) groups excluding carboxylic acids is 1. The number of ether oxygens (including phenoxy) is 1. The molecule has 14 heavy (non-hydrogen) atoms. The Balaban J connectivity index is 2.84. The van der Waals surface area contributed by atoms with Crippen LogP contribution in [0.5, 0.6) is 0 Å². The highest BCUT2D eigenvalue weighted by Gasteiger charge is 2.13. The second kappa shape index (κ2) is 4.31. The predicted molar refractivity (Wildman–Crippen MR) is 46.4 cm³/mol. The fourth-order valence-electron chi connectivity index (χ4n) is 0.881. The van der Waals surface area contributed by atoms with Gasteiger partial charge in [0.15, 0.2) is 0 Å². The lowest BCUT2D eigenvalue weighted by molar-refractivity contribution is -0.386. The molecule has 0 aliphatic heterocycles. The van der Waals surface area contributed by atoms with Crippen LogP contribution in [0.25, 0.3) is 0 Å². The molecule has 1 rings (SSSR count). The highest BCUT2D eigenvalue weighted by atomic mass is 16.6. The summed E-state index contributed by atoms with van der Waals surface area (Å²) in [6, 6.07) is 1.45. The molecule has 6 nitrogen and oxygen atoms in total. The Bertz CT molecular complexity index is 364. The lowest BCUT2D eigenvalue weighted by atomic mass is 10.2. The van der Waals surface area contributed by atoms with Crippen LogP contribution in [0, 0.1) is 10.1 Å². The molecule has 0 amide bonds. The number of aromatic nitrogens is 1. The molecule has 0 aliphatic rings. The van der Waals surface area contributed by atoms with E-state index in [0.29, 0.717) is 5.56 Å². The first-order valence-electron chi connectivity index (χ1n) is 3.82. The van der Waals surface area contributed by atoms with Gasteiger partial charge in [0.05, 0.1) is 10.5 Å². The molecule has 0 saturated heterocycles. The van der Waals surface area contributed by atoms with Crippen molar-refractivity contribution in [3.05, 3.63) is 34.1 Å². The van der Waals surface area contributed by atoms with E-state index in [2.05, 4.69) is 9.72 Å². The molecule has 0 aromatic carbocycles. The molecule has 74 valence electrons. The van der Waals surface area contributed by atoms with Gasteiger partial charge in [-0.05, 0) is 6.07 Å². The van der Waals surface area contributed by atoms with Crippen molar-refractivity contribution in [1.29, 1.82) is 0 Å². The lowest BCUT2D eigenvalue weighted by Gasteiger charge is -2.01. The topological polar surface area (TPSA) is 82.3 Å². The van der Waals surface area contributed by atoms with Crippen LogP contribution in [-0.2, 0) is 16.1 Å². The van der Waals surface area contributed by atoms with Gasteiger partial charge in [0.2, 0.25) is 0 Å². The van der Waals surface area contributed by atoms with Crippen LogP contribution >= 0.6 is 0 Å². The van der Waals surface area contributed by atoms with E-state index in [1.165, 1.54) is 19.2 Å². The van der Waals surface area contributed by atoms with Gasteiger partial charge < -0.3 is 4.74 Å². The van der Waals surface area contributed by atoms with Gasteiger partial charge in [-0.25, -0.2) is 0 Å². The molecule has 1 aromatic rings. The number of nitro groups is 1. The Labute approximate surface area is 79.7 Å². The third kappa shape index (κ3) is 2.51. The van der Waals surface area contributed by atoms with Crippen molar-refractivity contribution in [1.82, 2.24) is 4.98 Å². The number of rotatable bonds is 3. The van der Waals surface area contributed by atoms with Gasteiger partial charge in [-0.3, -0.25) is 19.9 Å². The van der Waals surface area contributed by atoms with Crippen molar-refractivity contribution >= 4 is 11.7 Å². The van der Waals surface area contributed by atoms with Crippen LogP contribution in [0.15, 0.2) is 18.5 Å². The third-order valence-electron chi connectivity index (χ3n) is 1.52. The Morgan fingerprint density at radius 2 is 2.43 bits per heavy atom. The molecule has 0 bridgehead atoms. The summed E-state index contributed by atoms with van der Waals surface area (Å²) in [6.45, 7) is 1.14. The number of hydrogen-bond donors (Lipinski definition) is 0. The molecule has 0 unspecified atom stereocenters. The molecule has 1 heterocycles. The molecule has 6 heteroatoms. The van der Waals surface area contributed by atoms with Crippen LogP contribution in [0.2, 0.25) is 0 Å². The SMILES string of the molecule is CC(=O)OCc1ccncc1[N+](=O)[O-]. The molecular formula is C8H8N2O4. The summed E-state index contributed by atoms with van der Waals surface area (Å²) < 4.78 is 4.65. The average Bonchev–Trinajstić information content (AvgIpc) is 2.15. The van der Waals surface area contributed by atoms with Crippen molar-refractivity contribution in [3.8, 4) is 0 Å². The van der Waals surface area contributed by atoms with Crippen LogP contribution in [0.3, 0.4) is 0 Å². The van der Waals surface area contributed by atoms with E-state index in [1.54, 1.807) is 0 Å². The van der Waals surface area contributed by atoms with Gasteiger partial charge in [-0.2, -0.15) is 0 Å². The first-order chi connectivity index (χ1) is 6.61. The van der Waals surface area contributed by atoms with E-state index in [4.69, 9.17) is 0 Å². The second-order valence-corrected chi connectivity index (χ2v) is 2.54. The van der Waals surface area contributed by atoms with Gasteiger partial charge in [0.25, 0.3) is 5.69 Å². The Morgan fingerprint density at radius 1 is 1.71 bits per heavy atom. The molecule has 0 radical (unpaired) electrons. The van der Waals surface area contributed by atoms with Crippen LogP contribution in [-0.4, -0.2) is 15.9 Å². The highest BCUT2D eigenvalue weighted by Crippen LogP contribution is 2.16. The van der Waals surface area contributed by atoms with Gasteiger partial charge in [0.1, 0.15) is 12.8 Å². The van der Waals surface area contributed by atoms with E-state index in [9.17, 15) is 14.9 Å². The number of nitrogens with zero attached hydrogens (tertiary/aromatic N) is 2. The minimum atomic E-state index is -0.564. The summed E-state index contributed by atoms with van der Waals surface area (Å²) >= 11 is 0. The number of esters is 1. The highest BCUT2D eigenvalue weighted by molar-refractivity contribution is 5.66. The monoisotopic (exact) mass is 196 g/mol. The van der Waals surface area contributed by atoms with Crippen LogP contribution < -0.4 is 0 Å². The van der Waals surface area contributed by atoms with Gasteiger partial charge in [-0.1, -0.05) is 0 Å². The van der Waals surface area contributed by atoms with Crippen LogP contribution in [0.4, 0.5) is 5.69 Å². The summed E-state index contributed by atoms with van der Waals surface area (Å²) in [5.41, 5.74) is 0.189. The normalized spacial score (nSPS) is 9.50. The maximum absolute atomic E-state index is 10.5. The number of hydrogen-bond acceptors (Lipinski definition) is 5. The number of carbonyl (C=O) groups is 1. The molecule has 0 N–H and O–H groups in total. The average molecular weight is 196 g/mol. The van der Waals surface area contributed by atoms with Crippen molar-refractivity contribution in [2.24, 2.45) is 0 Å². The second-order valence-electron chi connectivity index (χ2n) is 2.54. The first kappa shape index (κ1) is 10.1. The van der Waals surface area contributed by atoms with Crippen molar-refractivity contribution in [2.75, 3.05) is 0 Å². The van der Waals surface area contributed by atoms with E-state index in [-0.39, 0.29) is 12.3 Å². The van der Waals surface area contributed by atoms with Gasteiger partial charge in [-0.15, -0.1) is 0 Å². The van der Waals surface area contributed by atoms with E-state index < -0.39 is 10.9 Å². The zero-order chi connectivity index (χ0) is 10.6. The first-order valence-corrected chi connectivity index (χ1v) is 3.82. The summed E-state index contributed by atoms with van der Waals surface area (Å²) in [7, 11) is 0. The Kier molecular flexibility index (Phi) is 3.11. The summed E-state index contributed by atoms with van der Waals surface area (Å²) in [4.78, 5) is 24.0. The zero-order valence-electron chi connectivity index (χ0n) is 7.47. The fourth-order valence-corrected chi connectivity index (χ4v) is 0.881. The maximum Gasteiger partial charge on any atom is 0.302 e. The summed E-state index contributed by atoms with van der Waals surface area (Å²) in [5.74, 6) is -0.476. The largest absolute Gasteiger partial charge is 0.461 e. The Hall–Kier alpha value is -1.98. The van der Waals surface area contributed by atoms with Crippen molar-refractivity contribution in [2.45, 2.75) is 13.5 Å². The molecule has 0 aliphatic carbocycles. The fraction of sp³-hybridized carbons (Fsp3) is 0.250. The minimum Gasteiger partial charge on any atom is -0.461 e. The summed E-state index contributed by atoms with van der Waals surface area (Å²) in [5, 5.41) is 10.5. The van der Waals surface area contributed by atoms with Crippen LogP contribution in [0.1, 0.15) is 12.5 Å². The predicted octanol–water partition coefficient (Wildman–Crippen LogP) is 1.05. The van der Waals surface area contributed by atoms with Crippen molar-refractivity contribution in [3.63, 3.8) is 0 Å². The van der Waals surface area contributed by atoms with Crippen molar-refractivity contribution < 1.29 is 14.5 Å². The number of pyridine rings is 1. The zero-order valence-corrected chi connectivity index (χ0v) is 7.47. The maximum atomic E-state index is 10.5. The van der Waals surface area contributed by atoms with E-state index in [0.717, 1.165) is 6.20 Å².